The molecule has 0 amide bonds. The normalized spacial score (nSPS) is 9.67. The third kappa shape index (κ3) is 20.4. The van der Waals surface area contributed by atoms with Gasteiger partial charge in [-0.05, 0) is 112 Å². The van der Waals surface area contributed by atoms with Crippen molar-refractivity contribution in [2.75, 3.05) is 0 Å². The highest BCUT2D eigenvalue weighted by Gasteiger charge is 2.13. The van der Waals surface area contributed by atoms with Crippen molar-refractivity contribution < 1.29 is 22.0 Å². The van der Waals surface area contributed by atoms with Gasteiger partial charge in [0.15, 0.2) is 23.3 Å². The van der Waals surface area contributed by atoms with E-state index < -0.39 is 23.3 Å². The lowest BCUT2D eigenvalue weighted by molar-refractivity contribution is 0.506. The number of aromatic nitrogens is 6. The molecule has 0 fully saturated rings. The number of benzene rings is 6. The molecule has 6 aromatic heterocycles. The number of thiazole rings is 6. The third-order valence-corrected chi connectivity index (χ3v) is 16.9. The molecule has 0 aliphatic heterocycles. The van der Waals surface area contributed by atoms with Gasteiger partial charge in [0.05, 0.1) is 93.4 Å². The summed E-state index contributed by atoms with van der Waals surface area (Å²) in [6.07, 6.45) is 0. The Morgan fingerprint density at radius 2 is 0.778 bits per heavy atom. The second kappa shape index (κ2) is 39.1. The molecule has 0 unspecified atom stereocenters. The Hall–Kier alpha value is -4.53. The van der Waals surface area contributed by atoms with Crippen LogP contribution in [0.5, 0.6) is 0 Å². The molecule has 6 nitrogen and oxygen atoms in total. The van der Waals surface area contributed by atoms with Gasteiger partial charge < -0.3 is 0 Å². The Bertz CT molecular complexity index is 3640. The fourth-order valence-electron chi connectivity index (χ4n) is 6.46. The molecule has 0 spiro atoms. The Labute approximate surface area is 518 Å². The molecule has 12 aromatic rings. The average molecular weight is 1300 g/mol. The predicted octanol–water partition coefficient (Wildman–Crippen LogP) is 25.1. The quantitative estimate of drug-likeness (QED) is 0.141. The molecule has 0 bridgehead atoms. The van der Waals surface area contributed by atoms with Gasteiger partial charge in [0.1, 0.15) is 16.9 Å². The molecule has 0 atom stereocenters. The van der Waals surface area contributed by atoms with Crippen molar-refractivity contribution in [2.24, 2.45) is 0 Å². The fraction of sp³-hybridized carbons (Fsp3) is 0.300. The summed E-state index contributed by atoms with van der Waals surface area (Å²) in [7, 11) is 0. The van der Waals surface area contributed by atoms with E-state index in [9.17, 15) is 22.0 Å². The molecule has 0 N–H and O–H groups in total. The first-order valence-corrected chi connectivity index (χ1v) is 32.7. The number of fused-ring (bicyclic) bond motifs is 6. The minimum atomic E-state index is -0.850. The monoisotopic (exact) mass is 1300 g/mol. The summed E-state index contributed by atoms with van der Waals surface area (Å²) in [6, 6.07) is 15.6. The van der Waals surface area contributed by atoms with Crippen molar-refractivity contribution in [3.8, 4) is 0 Å². The summed E-state index contributed by atoms with van der Waals surface area (Å²) in [5.41, 5.74) is 19.9. The van der Waals surface area contributed by atoms with Crippen LogP contribution < -0.4 is 0 Å². The van der Waals surface area contributed by atoms with Gasteiger partial charge in [-0.3, -0.25) is 0 Å². The van der Waals surface area contributed by atoms with Crippen LogP contribution in [0.4, 0.5) is 22.0 Å². The van der Waals surface area contributed by atoms with E-state index in [0.717, 1.165) is 69.3 Å². The Morgan fingerprint density at radius 3 is 1.36 bits per heavy atom. The SMILES string of the molecule is CC.CC.CC.CC.CC.CC.Cc1c(Cl)ccc2ncsc12.Cc1c(F)c(F)cc2ncsc12.Cc1cc(Cl)cc2scnc12.Cc1cc(F)c(F)c2ncsc12.Cc1cc2ncsc2c(Cl)c1F.Cc1ccc(Cl)c2ncsc12. The van der Waals surface area contributed by atoms with Gasteiger partial charge in [-0.25, -0.2) is 51.9 Å². The van der Waals surface area contributed by atoms with Crippen LogP contribution in [-0.2, 0) is 0 Å². The van der Waals surface area contributed by atoms with E-state index in [1.165, 1.54) is 60.6 Å². The zero-order chi connectivity index (χ0) is 61.7. The van der Waals surface area contributed by atoms with Crippen LogP contribution in [0.3, 0.4) is 0 Å². The van der Waals surface area contributed by atoms with Crippen LogP contribution in [0, 0.1) is 70.6 Å². The topological polar surface area (TPSA) is 77.3 Å². The highest BCUT2D eigenvalue weighted by molar-refractivity contribution is 7.18. The molecule has 21 heteroatoms. The van der Waals surface area contributed by atoms with Crippen molar-refractivity contribution in [3.05, 3.63) is 170 Å². The van der Waals surface area contributed by atoms with Crippen LogP contribution in [-0.4, -0.2) is 29.9 Å². The van der Waals surface area contributed by atoms with Crippen molar-refractivity contribution in [1.29, 1.82) is 0 Å². The lowest BCUT2D eigenvalue weighted by atomic mass is 10.2. The maximum atomic E-state index is 13.2. The van der Waals surface area contributed by atoms with E-state index in [4.69, 9.17) is 46.4 Å². The molecule has 438 valence electrons. The molecular weight excluding hydrogens is 1230 g/mol. The van der Waals surface area contributed by atoms with Crippen LogP contribution in [0.2, 0.25) is 20.1 Å². The summed E-state index contributed by atoms with van der Waals surface area (Å²) in [6.45, 7) is 35.1. The molecule has 0 saturated carbocycles. The molecule has 0 aliphatic carbocycles. The van der Waals surface area contributed by atoms with Gasteiger partial charge in [0.2, 0.25) is 0 Å². The standard InChI is InChI=1S/C8H5ClFNS.3C8H6ClNS.2C8H5F2NS.6C2H6/c1-4-2-5-8(12-3-11-5)6(9)7(4)10;1-5-2-6(9)3-7-8(5)10-4-11-7;1-5-6(9)2-3-7-8(5)11-4-10-7;1-5-2-3-6(9)7-8(5)11-4-10-7;1-4-7(10)5(9)2-6-8(4)12-3-11-6;1-4-2-5(9)6(10)7-8(4)12-3-11-7;6*1-2/h2-3H,1H3;3*2-4H,1H3;2*2-3H,1H3;6*1-2H3. The zero-order valence-electron chi connectivity index (χ0n) is 48.7. The first-order valence-electron chi connectivity index (χ1n) is 25.9. The molecule has 0 aliphatic rings. The predicted molar refractivity (Wildman–Crippen MR) is 354 cm³/mol. The van der Waals surface area contributed by atoms with E-state index in [2.05, 4.69) is 36.8 Å². The minimum Gasteiger partial charge on any atom is -0.245 e. The second-order valence-corrected chi connectivity index (χ2v) is 21.5. The van der Waals surface area contributed by atoms with Crippen molar-refractivity contribution in [1.82, 2.24) is 29.9 Å². The van der Waals surface area contributed by atoms with E-state index in [-0.39, 0.29) is 16.4 Å². The molecule has 81 heavy (non-hydrogen) atoms. The van der Waals surface area contributed by atoms with E-state index in [0.29, 0.717) is 26.0 Å². The number of hydrogen-bond donors (Lipinski definition) is 0. The number of hydrogen-bond acceptors (Lipinski definition) is 12. The summed E-state index contributed by atoms with van der Waals surface area (Å²) >= 11 is 32.3. The van der Waals surface area contributed by atoms with Crippen LogP contribution >= 0.6 is 114 Å². The van der Waals surface area contributed by atoms with E-state index >= 15 is 0 Å². The number of rotatable bonds is 0. The molecule has 0 radical (unpaired) electrons. The van der Waals surface area contributed by atoms with Gasteiger partial charge in [-0.1, -0.05) is 136 Å². The summed E-state index contributed by atoms with van der Waals surface area (Å²) < 4.78 is 70.4. The lowest BCUT2D eigenvalue weighted by Gasteiger charge is -1.98. The zero-order valence-corrected chi connectivity index (χ0v) is 56.6. The van der Waals surface area contributed by atoms with Gasteiger partial charge in [0, 0.05) is 21.7 Å². The molecule has 0 saturated heterocycles. The first kappa shape index (κ1) is 74.5. The molecule has 6 aromatic carbocycles. The van der Waals surface area contributed by atoms with Crippen molar-refractivity contribution in [2.45, 2.75) is 125 Å². The maximum Gasteiger partial charge on any atom is 0.185 e. The van der Waals surface area contributed by atoms with E-state index in [1.54, 1.807) is 71.9 Å². The maximum absolute atomic E-state index is 13.2. The van der Waals surface area contributed by atoms with Crippen molar-refractivity contribution in [3.63, 3.8) is 0 Å². The second-order valence-electron chi connectivity index (χ2n) is 14.7. The highest BCUT2D eigenvalue weighted by Crippen LogP contribution is 2.33. The van der Waals surface area contributed by atoms with Gasteiger partial charge in [-0.15, -0.1) is 68.0 Å². The Kier molecular flexibility index (Phi) is 35.9. The number of nitrogens with zero attached hydrogens (tertiary/aromatic N) is 6. The summed E-state index contributed by atoms with van der Waals surface area (Å²) in [5, 5.41) is 2.54. The van der Waals surface area contributed by atoms with Gasteiger partial charge in [-0.2, -0.15) is 0 Å². The molecule has 6 heterocycles. The van der Waals surface area contributed by atoms with Gasteiger partial charge >= 0.3 is 0 Å². The highest BCUT2D eigenvalue weighted by atomic mass is 35.5. The van der Waals surface area contributed by atoms with E-state index in [1.807, 2.05) is 150 Å². The first-order chi connectivity index (χ1) is 38.9. The summed E-state index contributed by atoms with van der Waals surface area (Å²) in [5.74, 6) is -3.62. The largest absolute Gasteiger partial charge is 0.245 e. The number of aryl methyl sites for hydroxylation is 6. The minimum absolute atomic E-state index is 0.137. The molecule has 12 rings (SSSR count). The van der Waals surface area contributed by atoms with Crippen LogP contribution in [0.25, 0.3) is 61.3 Å². The van der Waals surface area contributed by atoms with Crippen LogP contribution in [0.1, 0.15) is 116 Å². The third-order valence-electron chi connectivity index (χ3n) is 10.0. The fourth-order valence-corrected chi connectivity index (χ4v) is 12.3. The molecular formula is C60H69Cl4F5N6S6. The number of halogens is 9. The lowest BCUT2D eigenvalue weighted by Crippen LogP contribution is -1.88. The van der Waals surface area contributed by atoms with Crippen molar-refractivity contribution >= 4 is 176 Å². The average Bonchev–Trinajstić information content (AvgIpc) is 4.38. The Balaban J connectivity index is 0.000000468. The van der Waals surface area contributed by atoms with Gasteiger partial charge in [0.25, 0.3) is 0 Å². The Morgan fingerprint density at radius 1 is 0.333 bits per heavy atom. The van der Waals surface area contributed by atoms with Crippen LogP contribution in [0.15, 0.2) is 87.7 Å². The summed E-state index contributed by atoms with van der Waals surface area (Å²) in [4.78, 5) is 24.3. The smallest absolute Gasteiger partial charge is 0.185 e.